The van der Waals surface area contributed by atoms with Crippen LogP contribution >= 0.6 is 0 Å². The summed E-state index contributed by atoms with van der Waals surface area (Å²) in [5, 5.41) is 8.20. The second-order valence-electron chi connectivity index (χ2n) is 4.34. The van der Waals surface area contributed by atoms with Gasteiger partial charge in [-0.2, -0.15) is 10.2 Å². The first-order chi connectivity index (χ1) is 9.33. The Hall–Kier alpha value is -1.94. The third kappa shape index (κ3) is 3.76. The van der Waals surface area contributed by atoms with Crippen LogP contribution in [0.2, 0.25) is 0 Å². The van der Waals surface area contributed by atoms with Crippen LogP contribution in [0.3, 0.4) is 0 Å². The van der Waals surface area contributed by atoms with Gasteiger partial charge in [-0.1, -0.05) is 13.3 Å². The van der Waals surface area contributed by atoms with E-state index in [4.69, 9.17) is 10.5 Å². The Balaban J connectivity index is 2.04. The fourth-order valence-electron chi connectivity index (χ4n) is 1.68. The fourth-order valence-corrected chi connectivity index (χ4v) is 1.68. The predicted molar refractivity (Wildman–Crippen MR) is 75.8 cm³/mol. The van der Waals surface area contributed by atoms with E-state index in [0.29, 0.717) is 6.54 Å². The normalized spacial score (nSPS) is 10.4. The Morgan fingerprint density at radius 3 is 2.42 bits per heavy atom. The molecule has 0 atom stereocenters. The Labute approximate surface area is 113 Å². The maximum atomic E-state index is 5.62. The molecule has 0 saturated carbocycles. The van der Waals surface area contributed by atoms with Gasteiger partial charge in [0.1, 0.15) is 5.75 Å². The summed E-state index contributed by atoms with van der Waals surface area (Å²) in [7, 11) is 0. The van der Waals surface area contributed by atoms with E-state index in [1.165, 1.54) is 0 Å². The molecule has 0 unspecified atom stereocenters. The molecule has 0 aliphatic heterocycles. The summed E-state index contributed by atoms with van der Waals surface area (Å²) in [6, 6.07) is 11.7. The zero-order valence-corrected chi connectivity index (χ0v) is 11.2. The topological polar surface area (TPSA) is 61.0 Å². The Kier molecular flexibility index (Phi) is 4.86. The molecular weight excluding hydrogens is 238 g/mol. The molecule has 0 saturated heterocycles. The van der Waals surface area contributed by atoms with Crippen LogP contribution in [0, 0.1) is 0 Å². The van der Waals surface area contributed by atoms with Crippen molar-refractivity contribution in [1.82, 2.24) is 10.2 Å². The highest BCUT2D eigenvalue weighted by Crippen LogP contribution is 2.20. The van der Waals surface area contributed by atoms with Gasteiger partial charge in [-0.05, 0) is 42.8 Å². The smallest absolute Gasteiger partial charge is 0.119 e. The SMILES string of the molecule is CCCCOc1ccc(-c2ccc(CN)nn2)cc1. The van der Waals surface area contributed by atoms with E-state index >= 15 is 0 Å². The molecule has 0 radical (unpaired) electrons. The van der Waals surface area contributed by atoms with Gasteiger partial charge in [0.15, 0.2) is 0 Å². The predicted octanol–water partition coefficient (Wildman–Crippen LogP) is 2.78. The number of aromatic nitrogens is 2. The number of rotatable bonds is 6. The molecule has 100 valence electrons. The summed E-state index contributed by atoms with van der Waals surface area (Å²) in [4.78, 5) is 0. The molecule has 0 spiro atoms. The van der Waals surface area contributed by atoms with Crippen molar-refractivity contribution in [3.63, 3.8) is 0 Å². The third-order valence-corrected chi connectivity index (χ3v) is 2.85. The van der Waals surface area contributed by atoms with E-state index in [2.05, 4.69) is 17.1 Å². The van der Waals surface area contributed by atoms with Crippen LogP contribution in [0.15, 0.2) is 36.4 Å². The van der Waals surface area contributed by atoms with E-state index in [9.17, 15) is 0 Å². The number of nitrogens with zero attached hydrogens (tertiary/aromatic N) is 2. The van der Waals surface area contributed by atoms with Gasteiger partial charge in [0, 0.05) is 12.1 Å². The second-order valence-corrected chi connectivity index (χ2v) is 4.34. The summed E-state index contributed by atoms with van der Waals surface area (Å²) in [5.74, 6) is 0.892. The minimum absolute atomic E-state index is 0.414. The minimum atomic E-state index is 0.414. The largest absolute Gasteiger partial charge is 0.494 e. The van der Waals surface area contributed by atoms with Gasteiger partial charge < -0.3 is 10.5 Å². The van der Waals surface area contributed by atoms with Gasteiger partial charge in [-0.15, -0.1) is 0 Å². The molecule has 0 fully saturated rings. The van der Waals surface area contributed by atoms with Gasteiger partial charge in [-0.3, -0.25) is 0 Å². The number of ether oxygens (including phenoxy) is 1. The number of hydrogen-bond acceptors (Lipinski definition) is 4. The molecule has 19 heavy (non-hydrogen) atoms. The fraction of sp³-hybridized carbons (Fsp3) is 0.333. The standard InChI is InChI=1S/C15H19N3O/c1-2-3-10-19-14-7-4-12(5-8-14)15-9-6-13(11-16)17-18-15/h4-9H,2-3,10-11,16H2,1H3. The second kappa shape index (κ2) is 6.85. The molecule has 2 N–H and O–H groups in total. The zero-order chi connectivity index (χ0) is 13.5. The lowest BCUT2D eigenvalue weighted by atomic mass is 10.1. The number of unbranched alkanes of at least 4 members (excludes halogenated alkanes) is 1. The minimum Gasteiger partial charge on any atom is -0.494 e. The third-order valence-electron chi connectivity index (χ3n) is 2.85. The van der Waals surface area contributed by atoms with Crippen LogP contribution in [0.1, 0.15) is 25.5 Å². The number of benzene rings is 1. The highest BCUT2D eigenvalue weighted by Gasteiger charge is 2.01. The Morgan fingerprint density at radius 1 is 1.05 bits per heavy atom. The van der Waals surface area contributed by atoms with Crippen LogP contribution in [0.4, 0.5) is 0 Å². The number of hydrogen-bond donors (Lipinski definition) is 1. The molecular formula is C15H19N3O. The summed E-state index contributed by atoms with van der Waals surface area (Å²) < 4.78 is 5.62. The molecule has 0 aliphatic carbocycles. The van der Waals surface area contributed by atoms with Crippen LogP contribution in [0.5, 0.6) is 5.75 Å². The quantitative estimate of drug-likeness (QED) is 0.808. The summed E-state index contributed by atoms with van der Waals surface area (Å²) in [6.45, 7) is 3.33. The van der Waals surface area contributed by atoms with Crippen LogP contribution in [-0.2, 0) is 6.54 Å². The van der Waals surface area contributed by atoms with Crippen LogP contribution in [0.25, 0.3) is 11.3 Å². The van der Waals surface area contributed by atoms with Gasteiger partial charge in [0.05, 0.1) is 18.0 Å². The summed E-state index contributed by atoms with van der Waals surface area (Å²) in [5.41, 5.74) is 8.16. The van der Waals surface area contributed by atoms with Crippen molar-refractivity contribution in [3.05, 3.63) is 42.1 Å². The van der Waals surface area contributed by atoms with Crippen molar-refractivity contribution in [3.8, 4) is 17.0 Å². The van der Waals surface area contributed by atoms with Crippen LogP contribution in [-0.4, -0.2) is 16.8 Å². The Morgan fingerprint density at radius 2 is 1.84 bits per heavy atom. The van der Waals surface area contributed by atoms with Crippen molar-refractivity contribution in [1.29, 1.82) is 0 Å². The molecule has 2 aromatic rings. The van der Waals surface area contributed by atoms with Crippen molar-refractivity contribution in [2.24, 2.45) is 5.73 Å². The lowest BCUT2D eigenvalue weighted by Crippen LogP contribution is -2.01. The average molecular weight is 257 g/mol. The molecule has 4 heteroatoms. The molecule has 0 amide bonds. The molecule has 1 heterocycles. The lowest BCUT2D eigenvalue weighted by Gasteiger charge is -2.06. The van der Waals surface area contributed by atoms with E-state index in [0.717, 1.165) is 42.1 Å². The van der Waals surface area contributed by atoms with Crippen molar-refractivity contribution >= 4 is 0 Å². The molecule has 1 aromatic heterocycles. The van der Waals surface area contributed by atoms with Gasteiger partial charge in [-0.25, -0.2) is 0 Å². The molecule has 2 rings (SSSR count). The Bertz CT molecular complexity index is 494. The van der Waals surface area contributed by atoms with E-state index in [-0.39, 0.29) is 0 Å². The molecule has 0 aliphatic rings. The van der Waals surface area contributed by atoms with Crippen molar-refractivity contribution in [2.75, 3.05) is 6.61 Å². The number of nitrogens with two attached hydrogens (primary N) is 1. The van der Waals surface area contributed by atoms with E-state index in [1.807, 2.05) is 36.4 Å². The highest BCUT2D eigenvalue weighted by molar-refractivity contribution is 5.59. The first-order valence-corrected chi connectivity index (χ1v) is 6.59. The molecule has 4 nitrogen and oxygen atoms in total. The molecule has 1 aromatic carbocycles. The zero-order valence-electron chi connectivity index (χ0n) is 11.2. The van der Waals surface area contributed by atoms with Gasteiger partial charge in [0.2, 0.25) is 0 Å². The first kappa shape index (κ1) is 13.5. The molecule has 0 bridgehead atoms. The summed E-state index contributed by atoms with van der Waals surface area (Å²) in [6.07, 6.45) is 2.22. The highest BCUT2D eigenvalue weighted by atomic mass is 16.5. The lowest BCUT2D eigenvalue weighted by molar-refractivity contribution is 0.309. The van der Waals surface area contributed by atoms with E-state index < -0.39 is 0 Å². The van der Waals surface area contributed by atoms with E-state index in [1.54, 1.807) is 0 Å². The van der Waals surface area contributed by atoms with Gasteiger partial charge in [0.25, 0.3) is 0 Å². The first-order valence-electron chi connectivity index (χ1n) is 6.59. The average Bonchev–Trinajstić information content (AvgIpc) is 2.48. The maximum absolute atomic E-state index is 5.62. The van der Waals surface area contributed by atoms with Crippen LogP contribution < -0.4 is 10.5 Å². The van der Waals surface area contributed by atoms with Crippen molar-refractivity contribution in [2.45, 2.75) is 26.3 Å². The maximum Gasteiger partial charge on any atom is 0.119 e. The van der Waals surface area contributed by atoms with Crippen molar-refractivity contribution < 1.29 is 4.74 Å². The monoisotopic (exact) mass is 257 g/mol. The summed E-state index contributed by atoms with van der Waals surface area (Å²) >= 11 is 0. The van der Waals surface area contributed by atoms with Gasteiger partial charge >= 0.3 is 0 Å².